The van der Waals surface area contributed by atoms with Crippen LogP contribution in [0.3, 0.4) is 0 Å². The van der Waals surface area contributed by atoms with Crippen molar-refractivity contribution >= 4 is 5.96 Å². The van der Waals surface area contributed by atoms with E-state index in [0.29, 0.717) is 23.8 Å². The predicted octanol–water partition coefficient (Wildman–Crippen LogP) is 3.23. The van der Waals surface area contributed by atoms with Crippen LogP contribution in [0.15, 0.2) is 23.2 Å². The standard InChI is InChI=1S/C20H32F2N4O2/c1-20(2,26-10-6-5-7-11-26)14-25-19(23-3)24-13-15-8-9-16(27-4)12-17(15)28-18(21)22/h8-9,12,18H,5-7,10-11,13-14H2,1-4H3,(H2,23,24,25). The zero-order valence-electron chi connectivity index (χ0n) is 17.2. The van der Waals surface area contributed by atoms with Crippen LogP contribution in [0.5, 0.6) is 11.5 Å². The van der Waals surface area contributed by atoms with Crippen molar-refractivity contribution in [1.29, 1.82) is 0 Å². The molecule has 6 nitrogen and oxygen atoms in total. The third-order valence-corrected chi connectivity index (χ3v) is 5.06. The Morgan fingerprint density at radius 2 is 1.93 bits per heavy atom. The molecule has 2 rings (SSSR count). The molecule has 28 heavy (non-hydrogen) atoms. The van der Waals surface area contributed by atoms with Gasteiger partial charge >= 0.3 is 6.61 Å². The van der Waals surface area contributed by atoms with Gasteiger partial charge in [-0.05, 0) is 51.9 Å². The molecule has 1 aromatic rings. The molecular weight excluding hydrogens is 366 g/mol. The number of nitrogens with one attached hydrogen (secondary N) is 2. The van der Waals surface area contributed by atoms with Crippen LogP contribution in [-0.4, -0.2) is 56.8 Å². The third kappa shape index (κ3) is 6.51. The van der Waals surface area contributed by atoms with Crippen molar-refractivity contribution in [3.05, 3.63) is 23.8 Å². The number of ether oxygens (including phenoxy) is 2. The van der Waals surface area contributed by atoms with Gasteiger partial charge < -0.3 is 20.1 Å². The molecule has 0 bridgehead atoms. The Bertz CT molecular complexity index is 647. The van der Waals surface area contributed by atoms with E-state index in [4.69, 9.17) is 4.74 Å². The summed E-state index contributed by atoms with van der Waals surface area (Å²) in [6.07, 6.45) is 3.77. The zero-order valence-corrected chi connectivity index (χ0v) is 17.2. The second-order valence-electron chi connectivity index (χ2n) is 7.49. The fourth-order valence-electron chi connectivity index (χ4n) is 3.32. The minimum atomic E-state index is -2.89. The summed E-state index contributed by atoms with van der Waals surface area (Å²) in [6.45, 7) is 4.80. The number of hydrogen-bond acceptors (Lipinski definition) is 4. The molecule has 0 unspecified atom stereocenters. The Labute approximate surface area is 166 Å². The van der Waals surface area contributed by atoms with Gasteiger partial charge in [0.05, 0.1) is 7.11 Å². The van der Waals surface area contributed by atoms with Gasteiger partial charge in [0.15, 0.2) is 5.96 Å². The quantitative estimate of drug-likeness (QED) is 0.520. The zero-order chi connectivity index (χ0) is 20.6. The van der Waals surface area contributed by atoms with E-state index < -0.39 is 6.61 Å². The first-order valence-corrected chi connectivity index (χ1v) is 9.67. The van der Waals surface area contributed by atoms with Gasteiger partial charge in [-0.2, -0.15) is 8.78 Å². The smallest absolute Gasteiger partial charge is 0.387 e. The highest BCUT2D eigenvalue weighted by atomic mass is 19.3. The third-order valence-electron chi connectivity index (χ3n) is 5.06. The minimum absolute atomic E-state index is 0.00208. The van der Waals surface area contributed by atoms with Crippen LogP contribution in [0.25, 0.3) is 0 Å². The molecule has 0 aliphatic carbocycles. The number of likely N-dealkylation sites (tertiary alicyclic amines) is 1. The number of aliphatic imine (C=N–C) groups is 1. The number of guanidine groups is 1. The van der Waals surface area contributed by atoms with E-state index in [1.54, 1.807) is 19.2 Å². The number of hydrogen-bond donors (Lipinski definition) is 2. The van der Waals surface area contributed by atoms with Crippen molar-refractivity contribution in [2.24, 2.45) is 4.99 Å². The Morgan fingerprint density at radius 1 is 1.21 bits per heavy atom. The summed E-state index contributed by atoms with van der Waals surface area (Å²) in [5.41, 5.74) is 0.599. The molecule has 0 saturated carbocycles. The van der Waals surface area contributed by atoms with Crippen LogP contribution < -0.4 is 20.1 Å². The summed E-state index contributed by atoms with van der Waals surface area (Å²) in [5.74, 6) is 1.17. The van der Waals surface area contributed by atoms with E-state index in [1.807, 2.05) is 0 Å². The summed E-state index contributed by atoms with van der Waals surface area (Å²) in [7, 11) is 3.17. The second kappa shape index (κ2) is 10.5. The first kappa shape index (κ1) is 22.2. The summed E-state index contributed by atoms with van der Waals surface area (Å²) in [6, 6.07) is 4.87. The molecule has 0 aromatic heterocycles. The molecular formula is C20H32F2N4O2. The van der Waals surface area contributed by atoms with Crippen LogP contribution in [0.2, 0.25) is 0 Å². The van der Waals surface area contributed by atoms with Crippen LogP contribution >= 0.6 is 0 Å². The number of rotatable bonds is 8. The summed E-state index contributed by atoms with van der Waals surface area (Å²) in [4.78, 5) is 6.73. The van der Waals surface area contributed by atoms with Crippen LogP contribution in [0.4, 0.5) is 8.78 Å². The maximum Gasteiger partial charge on any atom is 0.387 e. The van der Waals surface area contributed by atoms with Gasteiger partial charge in [0.2, 0.25) is 0 Å². The Hall–Kier alpha value is -2.09. The van der Waals surface area contributed by atoms with Gasteiger partial charge in [-0.3, -0.25) is 9.89 Å². The summed E-state index contributed by atoms with van der Waals surface area (Å²) < 4.78 is 35.1. The maximum absolute atomic E-state index is 12.7. The average molecular weight is 398 g/mol. The number of piperidine rings is 1. The molecule has 1 aromatic carbocycles. The first-order valence-electron chi connectivity index (χ1n) is 9.67. The van der Waals surface area contributed by atoms with Crippen molar-refractivity contribution < 1.29 is 18.3 Å². The van der Waals surface area contributed by atoms with E-state index in [-0.39, 0.29) is 11.3 Å². The van der Waals surface area contributed by atoms with Crippen molar-refractivity contribution in [2.45, 2.75) is 51.8 Å². The maximum atomic E-state index is 12.7. The van der Waals surface area contributed by atoms with Gasteiger partial charge in [-0.15, -0.1) is 0 Å². The monoisotopic (exact) mass is 398 g/mol. The van der Waals surface area contributed by atoms with Gasteiger partial charge in [0, 0.05) is 37.3 Å². The Balaban J connectivity index is 1.94. The SMILES string of the molecule is CN=C(NCc1ccc(OC)cc1OC(F)F)NCC(C)(C)N1CCCCC1. The highest BCUT2D eigenvalue weighted by molar-refractivity contribution is 5.79. The lowest BCUT2D eigenvalue weighted by atomic mass is 9.98. The Kier molecular flexibility index (Phi) is 8.29. The van der Waals surface area contributed by atoms with Crippen LogP contribution in [-0.2, 0) is 6.54 Å². The fourth-order valence-corrected chi connectivity index (χ4v) is 3.32. The molecule has 8 heteroatoms. The molecule has 158 valence electrons. The van der Waals surface area contributed by atoms with Gasteiger partial charge in [-0.25, -0.2) is 0 Å². The van der Waals surface area contributed by atoms with E-state index >= 15 is 0 Å². The molecule has 0 radical (unpaired) electrons. The van der Waals surface area contributed by atoms with E-state index in [1.165, 1.54) is 32.4 Å². The largest absolute Gasteiger partial charge is 0.497 e. The molecule has 2 N–H and O–H groups in total. The number of nitrogens with zero attached hydrogens (tertiary/aromatic N) is 2. The summed E-state index contributed by atoms with van der Waals surface area (Å²) in [5, 5.41) is 6.51. The van der Waals surface area contributed by atoms with Crippen molar-refractivity contribution in [2.75, 3.05) is 33.8 Å². The van der Waals surface area contributed by atoms with Gasteiger partial charge in [0.25, 0.3) is 0 Å². The topological polar surface area (TPSA) is 58.1 Å². The molecule has 0 amide bonds. The predicted molar refractivity (Wildman–Crippen MR) is 107 cm³/mol. The van der Waals surface area contributed by atoms with Crippen molar-refractivity contribution in [3.63, 3.8) is 0 Å². The van der Waals surface area contributed by atoms with Crippen molar-refractivity contribution in [1.82, 2.24) is 15.5 Å². The highest BCUT2D eigenvalue weighted by Gasteiger charge is 2.27. The number of methoxy groups -OCH3 is 1. The number of halogens is 2. The number of benzene rings is 1. The van der Waals surface area contributed by atoms with Gasteiger partial charge in [-0.1, -0.05) is 6.42 Å². The number of alkyl halides is 2. The van der Waals surface area contributed by atoms with E-state index in [9.17, 15) is 8.78 Å². The lowest BCUT2D eigenvalue weighted by Crippen LogP contribution is -2.54. The average Bonchev–Trinajstić information content (AvgIpc) is 2.69. The van der Waals surface area contributed by atoms with Gasteiger partial charge in [0.1, 0.15) is 11.5 Å². The molecule has 0 atom stereocenters. The normalized spacial score (nSPS) is 16.2. The molecule has 0 spiro atoms. The lowest BCUT2D eigenvalue weighted by Gasteiger charge is -2.41. The van der Waals surface area contributed by atoms with Crippen molar-refractivity contribution in [3.8, 4) is 11.5 Å². The molecule has 1 aliphatic rings. The first-order chi connectivity index (χ1) is 13.4. The highest BCUT2D eigenvalue weighted by Crippen LogP contribution is 2.26. The minimum Gasteiger partial charge on any atom is -0.497 e. The lowest BCUT2D eigenvalue weighted by molar-refractivity contribution is -0.0505. The van der Waals surface area contributed by atoms with Crippen LogP contribution in [0.1, 0.15) is 38.7 Å². The van der Waals surface area contributed by atoms with Crippen LogP contribution in [0, 0.1) is 0 Å². The molecule has 1 heterocycles. The fraction of sp³-hybridized carbons (Fsp3) is 0.650. The molecule has 1 fully saturated rings. The second-order valence-corrected chi connectivity index (χ2v) is 7.49. The summed E-state index contributed by atoms with van der Waals surface area (Å²) >= 11 is 0. The van der Waals surface area contributed by atoms with E-state index in [2.05, 4.69) is 39.1 Å². The molecule has 1 aliphatic heterocycles. The Morgan fingerprint density at radius 3 is 2.54 bits per heavy atom. The molecule has 1 saturated heterocycles. The van der Waals surface area contributed by atoms with E-state index in [0.717, 1.165) is 19.6 Å².